The van der Waals surface area contributed by atoms with Gasteiger partial charge in [-0.25, -0.2) is 4.79 Å². The third-order valence-corrected chi connectivity index (χ3v) is 9.78. The second-order valence-corrected chi connectivity index (χ2v) is 16.6. The molecule has 14 nitrogen and oxygen atoms in total. The van der Waals surface area contributed by atoms with Gasteiger partial charge in [0.15, 0.2) is 0 Å². The summed E-state index contributed by atoms with van der Waals surface area (Å²) in [6.45, 7) is 12.2. The first-order valence-electron chi connectivity index (χ1n) is 18.7. The summed E-state index contributed by atoms with van der Waals surface area (Å²) in [7, 11) is 3.12. The van der Waals surface area contributed by atoms with Gasteiger partial charge in [-0.15, -0.1) is 0 Å². The van der Waals surface area contributed by atoms with E-state index in [2.05, 4.69) is 21.3 Å². The van der Waals surface area contributed by atoms with Crippen LogP contribution in [0.3, 0.4) is 0 Å². The first-order chi connectivity index (χ1) is 24.7. The summed E-state index contributed by atoms with van der Waals surface area (Å²) in [4.78, 5) is 96.8. The highest BCUT2D eigenvalue weighted by atomic mass is 16.6. The molecule has 1 saturated carbocycles. The van der Waals surface area contributed by atoms with Gasteiger partial charge in [0.2, 0.25) is 29.4 Å². The standard InChI is InChI=1S/C39H60N6O8/c1-10-17-27(31(47)32(48)40-22-28(46)42-29(33(49)44(8)9)25-18-13-11-14-19-25)41-35(51)39(7)23-38(5,6)24-45(39)34(50)30(26-20-15-12-16-21-26)43-36(52)53-37(2,3)4/h11,13-14,18-19,26-27,29-30H,10,12,15-17,20-24H2,1-9H3,(H,40,48)(H,41,51)(H,42,46)(H,43,52)/t27?,29-,30?,39?/m0/s1. The number of amides is 6. The second-order valence-electron chi connectivity index (χ2n) is 16.6. The summed E-state index contributed by atoms with van der Waals surface area (Å²) in [5.74, 6) is -4.21. The lowest BCUT2D eigenvalue weighted by Gasteiger charge is -2.39. The Labute approximate surface area is 313 Å². The highest BCUT2D eigenvalue weighted by molar-refractivity contribution is 6.38. The lowest BCUT2D eigenvalue weighted by Crippen LogP contribution is -2.63. The number of ketones is 1. The van der Waals surface area contributed by atoms with Crippen molar-refractivity contribution in [2.45, 2.75) is 129 Å². The number of hydrogen-bond acceptors (Lipinski definition) is 8. The first kappa shape index (κ1) is 42.9. The number of likely N-dealkylation sites (tertiary alicyclic amines) is 1. The zero-order chi connectivity index (χ0) is 39.7. The topological polar surface area (TPSA) is 183 Å². The quantitative estimate of drug-likeness (QED) is 0.209. The molecule has 0 radical (unpaired) electrons. The van der Waals surface area contributed by atoms with Crippen molar-refractivity contribution in [3.63, 3.8) is 0 Å². The van der Waals surface area contributed by atoms with Crippen LogP contribution in [0.1, 0.15) is 111 Å². The minimum absolute atomic E-state index is 0.135. The Morgan fingerprint density at radius 3 is 2.11 bits per heavy atom. The fourth-order valence-electron chi connectivity index (χ4n) is 7.34. The van der Waals surface area contributed by atoms with Crippen LogP contribution in [-0.4, -0.2) is 102 Å². The van der Waals surface area contributed by atoms with Gasteiger partial charge >= 0.3 is 6.09 Å². The number of rotatable bonds is 14. The van der Waals surface area contributed by atoms with Crippen LogP contribution in [0.2, 0.25) is 0 Å². The number of Topliss-reactive ketones (excluding diaryl/α,β-unsaturated/α-hetero) is 1. The molecule has 1 aliphatic heterocycles. The van der Waals surface area contributed by atoms with Crippen LogP contribution in [-0.2, 0) is 33.5 Å². The van der Waals surface area contributed by atoms with Crippen LogP contribution in [0.15, 0.2) is 30.3 Å². The van der Waals surface area contributed by atoms with Crippen LogP contribution in [0.25, 0.3) is 0 Å². The van der Waals surface area contributed by atoms with Gasteiger partial charge in [0, 0.05) is 20.6 Å². The Bertz CT molecular complexity index is 1500. The normalized spacial score (nSPS) is 20.3. The summed E-state index contributed by atoms with van der Waals surface area (Å²) < 4.78 is 5.52. The lowest BCUT2D eigenvalue weighted by atomic mass is 9.82. The Hall–Kier alpha value is -4.49. The van der Waals surface area contributed by atoms with E-state index >= 15 is 0 Å². The fourth-order valence-corrected chi connectivity index (χ4v) is 7.34. The van der Waals surface area contributed by atoms with Crippen molar-refractivity contribution >= 4 is 41.4 Å². The van der Waals surface area contributed by atoms with Crippen LogP contribution >= 0.6 is 0 Å². The molecule has 6 amide bonds. The molecular weight excluding hydrogens is 680 g/mol. The number of carbonyl (C=O) groups is 7. The van der Waals surface area contributed by atoms with Crippen LogP contribution < -0.4 is 21.3 Å². The molecule has 1 aromatic rings. The molecule has 1 aliphatic carbocycles. The van der Waals surface area contributed by atoms with Gasteiger partial charge < -0.3 is 35.8 Å². The van der Waals surface area contributed by atoms with Crippen LogP contribution in [0.5, 0.6) is 0 Å². The van der Waals surface area contributed by atoms with E-state index < -0.39 is 76.7 Å². The number of likely N-dealkylation sites (N-methyl/N-ethyl adjacent to an activating group) is 1. The molecule has 2 aliphatic rings. The predicted octanol–water partition coefficient (Wildman–Crippen LogP) is 3.39. The SMILES string of the molecule is CCCC(NC(=O)C1(C)CC(C)(C)CN1C(=O)C(NC(=O)OC(C)(C)C)C1CCCCC1)C(=O)C(=O)NCC(=O)N[C@H](C(=O)N(C)C)c1ccccc1. The van der Waals surface area contributed by atoms with Gasteiger partial charge in [-0.05, 0) is 70.3 Å². The molecule has 1 saturated heterocycles. The summed E-state index contributed by atoms with van der Waals surface area (Å²) in [6, 6.07) is 5.50. The maximum absolute atomic E-state index is 14.5. The molecule has 3 rings (SSSR count). The largest absolute Gasteiger partial charge is 0.444 e. The monoisotopic (exact) mass is 740 g/mol. The van der Waals surface area contributed by atoms with Crippen molar-refractivity contribution in [2.24, 2.45) is 11.3 Å². The number of nitrogens with one attached hydrogen (secondary N) is 4. The van der Waals surface area contributed by atoms with E-state index in [0.717, 1.165) is 32.1 Å². The molecule has 3 unspecified atom stereocenters. The molecular formula is C39H60N6O8. The van der Waals surface area contributed by atoms with Gasteiger partial charge in [-0.2, -0.15) is 0 Å². The van der Waals surface area contributed by atoms with Crippen molar-refractivity contribution in [2.75, 3.05) is 27.2 Å². The van der Waals surface area contributed by atoms with Gasteiger partial charge in [-0.1, -0.05) is 76.8 Å². The number of alkyl carbamates (subject to hydrolysis) is 1. The lowest BCUT2D eigenvalue weighted by molar-refractivity contribution is -0.148. The molecule has 0 spiro atoms. The van der Waals surface area contributed by atoms with E-state index in [-0.39, 0.29) is 31.2 Å². The molecule has 4 atom stereocenters. The number of ether oxygens (including phenoxy) is 1. The number of hydrogen-bond donors (Lipinski definition) is 4. The summed E-state index contributed by atoms with van der Waals surface area (Å²) in [5.41, 5.74) is -2.11. The molecule has 1 aromatic carbocycles. The molecule has 4 N–H and O–H groups in total. The third-order valence-electron chi connectivity index (χ3n) is 9.78. The number of carbonyl (C=O) groups excluding carboxylic acids is 7. The van der Waals surface area contributed by atoms with E-state index in [1.165, 1.54) is 9.80 Å². The van der Waals surface area contributed by atoms with E-state index in [1.807, 2.05) is 13.8 Å². The number of benzene rings is 1. The second kappa shape index (κ2) is 18.0. The van der Waals surface area contributed by atoms with Crippen LogP contribution in [0.4, 0.5) is 4.79 Å². The molecule has 1 heterocycles. The summed E-state index contributed by atoms with van der Waals surface area (Å²) in [6.07, 6.45) is 4.50. The van der Waals surface area contributed by atoms with E-state index in [1.54, 1.807) is 79.0 Å². The van der Waals surface area contributed by atoms with E-state index in [4.69, 9.17) is 4.74 Å². The van der Waals surface area contributed by atoms with Gasteiger partial charge in [-0.3, -0.25) is 28.8 Å². The van der Waals surface area contributed by atoms with Gasteiger partial charge in [0.25, 0.3) is 5.91 Å². The first-order valence-corrected chi connectivity index (χ1v) is 18.7. The van der Waals surface area contributed by atoms with Crippen molar-refractivity contribution < 1.29 is 38.3 Å². The highest BCUT2D eigenvalue weighted by Gasteiger charge is 2.55. The maximum atomic E-state index is 14.5. The van der Waals surface area contributed by atoms with E-state index in [9.17, 15) is 33.6 Å². The maximum Gasteiger partial charge on any atom is 0.408 e. The number of nitrogens with zero attached hydrogens (tertiary/aromatic N) is 2. The van der Waals surface area contributed by atoms with E-state index in [0.29, 0.717) is 12.0 Å². The minimum Gasteiger partial charge on any atom is -0.444 e. The molecule has 0 bridgehead atoms. The average molecular weight is 741 g/mol. The summed E-state index contributed by atoms with van der Waals surface area (Å²) in [5, 5.41) is 10.5. The fraction of sp³-hybridized carbons (Fsp3) is 0.667. The summed E-state index contributed by atoms with van der Waals surface area (Å²) >= 11 is 0. The highest BCUT2D eigenvalue weighted by Crippen LogP contribution is 2.43. The van der Waals surface area contributed by atoms with Crippen molar-refractivity contribution in [1.29, 1.82) is 0 Å². The Balaban J connectivity index is 1.76. The molecule has 14 heteroatoms. The average Bonchev–Trinajstić information content (AvgIpc) is 3.36. The molecule has 2 fully saturated rings. The molecule has 0 aromatic heterocycles. The van der Waals surface area contributed by atoms with Crippen molar-refractivity contribution in [3.05, 3.63) is 35.9 Å². The molecule has 53 heavy (non-hydrogen) atoms. The van der Waals surface area contributed by atoms with Crippen molar-refractivity contribution in [1.82, 2.24) is 31.1 Å². The van der Waals surface area contributed by atoms with Crippen LogP contribution in [0, 0.1) is 11.3 Å². The molecule has 294 valence electrons. The van der Waals surface area contributed by atoms with Crippen molar-refractivity contribution in [3.8, 4) is 0 Å². The van der Waals surface area contributed by atoms with Gasteiger partial charge in [0.1, 0.15) is 23.2 Å². The Kier molecular flexibility index (Phi) is 14.6. The predicted molar refractivity (Wildman–Crippen MR) is 199 cm³/mol. The minimum atomic E-state index is -1.41. The third kappa shape index (κ3) is 11.8. The zero-order valence-electron chi connectivity index (χ0n) is 32.9. The smallest absolute Gasteiger partial charge is 0.408 e. The Morgan fingerprint density at radius 1 is 0.925 bits per heavy atom. The van der Waals surface area contributed by atoms with Gasteiger partial charge in [0.05, 0.1) is 12.6 Å². The zero-order valence-corrected chi connectivity index (χ0v) is 32.9. The Morgan fingerprint density at radius 2 is 1.55 bits per heavy atom.